The predicted octanol–water partition coefficient (Wildman–Crippen LogP) is 1.46. The highest BCUT2D eigenvalue weighted by molar-refractivity contribution is 4.64. The monoisotopic (exact) mass is 143 g/mol. The van der Waals surface area contributed by atoms with Crippen LogP contribution in [0.25, 0.3) is 0 Å². The fourth-order valence-corrected chi connectivity index (χ4v) is 1.28. The fourth-order valence-electron chi connectivity index (χ4n) is 1.28. The van der Waals surface area contributed by atoms with Crippen LogP contribution in [-0.2, 0) is 4.74 Å². The molecule has 0 spiro atoms. The lowest BCUT2D eigenvalue weighted by Crippen LogP contribution is -2.28. The van der Waals surface area contributed by atoms with Crippen molar-refractivity contribution in [3.63, 3.8) is 0 Å². The average Bonchev–Trinajstić information content (AvgIpc) is 2.31. The van der Waals surface area contributed by atoms with E-state index in [1.54, 1.807) is 0 Å². The normalized spacial score (nSPS) is 27.6. The van der Waals surface area contributed by atoms with Gasteiger partial charge in [-0.25, -0.2) is 0 Å². The summed E-state index contributed by atoms with van der Waals surface area (Å²) in [6.45, 7) is 7.61. The largest absolute Gasteiger partial charge is 0.362 e. The van der Waals surface area contributed by atoms with Gasteiger partial charge in [0.05, 0.1) is 6.61 Å². The zero-order chi connectivity index (χ0) is 7.40. The van der Waals surface area contributed by atoms with E-state index in [0.29, 0.717) is 6.23 Å². The first-order valence-electron chi connectivity index (χ1n) is 4.20. The van der Waals surface area contributed by atoms with Gasteiger partial charge in [-0.1, -0.05) is 13.3 Å². The molecule has 0 aromatic heterocycles. The molecule has 1 fully saturated rings. The molecule has 1 rings (SSSR count). The van der Waals surface area contributed by atoms with E-state index in [9.17, 15) is 0 Å². The molecule has 2 heteroatoms. The van der Waals surface area contributed by atoms with Gasteiger partial charge < -0.3 is 4.74 Å². The second-order valence-corrected chi connectivity index (χ2v) is 2.86. The molecule has 1 aliphatic heterocycles. The Morgan fingerprint density at radius 1 is 1.60 bits per heavy atom. The van der Waals surface area contributed by atoms with E-state index < -0.39 is 0 Å². The highest BCUT2D eigenvalue weighted by Gasteiger charge is 2.18. The summed E-state index contributed by atoms with van der Waals surface area (Å²) in [5, 5.41) is 0. The van der Waals surface area contributed by atoms with E-state index in [4.69, 9.17) is 4.74 Å². The van der Waals surface area contributed by atoms with Crippen molar-refractivity contribution in [1.29, 1.82) is 0 Å². The van der Waals surface area contributed by atoms with Crippen molar-refractivity contribution in [2.45, 2.75) is 32.9 Å². The summed E-state index contributed by atoms with van der Waals surface area (Å²) in [6, 6.07) is 0. The molecule has 2 nitrogen and oxygen atoms in total. The second-order valence-electron chi connectivity index (χ2n) is 2.86. The molecule has 0 N–H and O–H groups in total. The Hall–Kier alpha value is -0.0800. The van der Waals surface area contributed by atoms with E-state index in [1.165, 1.54) is 19.4 Å². The molecule has 1 heterocycles. The lowest BCUT2D eigenvalue weighted by atomic mass is 10.3. The number of nitrogens with zero attached hydrogens (tertiary/aromatic N) is 1. The van der Waals surface area contributed by atoms with E-state index in [-0.39, 0.29) is 0 Å². The third-order valence-electron chi connectivity index (χ3n) is 2.05. The molecule has 10 heavy (non-hydrogen) atoms. The van der Waals surface area contributed by atoms with Crippen LogP contribution >= 0.6 is 0 Å². The fraction of sp³-hybridized carbons (Fsp3) is 1.00. The Morgan fingerprint density at radius 2 is 2.40 bits per heavy atom. The molecule has 0 aromatic rings. The number of unbranched alkanes of at least 4 members (excludes halogenated alkanes) is 1. The van der Waals surface area contributed by atoms with Crippen LogP contribution in [0.2, 0.25) is 0 Å². The summed E-state index contributed by atoms with van der Waals surface area (Å²) in [5.41, 5.74) is 0. The minimum Gasteiger partial charge on any atom is -0.362 e. The van der Waals surface area contributed by atoms with Crippen LogP contribution < -0.4 is 0 Å². The molecule has 1 saturated heterocycles. The van der Waals surface area contributed by atoms with Crippen molar-refractivity contribution in [3.8, 4) is 0 Å². The third-order valence-corrected chi connectivity index (χ3v) is 2.05. The van der Waals surface area contributed by atoms with E-state index in [0.717, 1.165) is 13.2 Å². The summed E-state index contributed by atoms with van der Waals surface area (Å²) < 4.78 is 5.39. The van der Waals surface area contributed by atoms with Gasteiger partial charge in [0, 0.05) is 13.1 Å². The molecule has 1 aliphatic rings. The Labute approximate surface area is 63.2 Å². The Kier molecular flexibility index (Phi) is 3.16. The van der Waals surface area contributed by atoms with Gasteiger partial charge in [-0.15, -0.1) is 0 Å². The van der Waals surface area contributed by atoms with E-state index in [1.807, 2.05) is 0 Å². The molecule has 60 valence electrons. The SMILES string of the molecule is CCCCN1CCOC1C. The van der Waals surface area contributed by atoms with Crippen molar-refractivity contribution in [3.05, 3.63) is 0 Å². The van der Waals surface area contributed by atoms with Crippen LogP contribution in [0.3, 0.4) is 0 Å². The van der Waals surface area contributed by atoms with Crippen LogP contribution in [0.4, 0.5) is 0 Å². The van der Waals surface area contributed by atoms with Crippen LogP contribution in [-0.4, -0.2) is 30.8 Å². The van der Waals surface area contributed by atoms with Gasteiger partial charge in [0.25, 0.3) is 0 Å². The molecule has 0 bridgehead atoms. The van der Waals surface area contributed by atoms with Crippen molar-refractivity contribution < 1.29 is 4.74 Å². The smallest absolute Gasteiger partial charge is 0.107 e. The first kappa shape index (κ1) is 8.02. The van der Waals surface area contributed by atoms with E-state index in [2.05, 4.69) is 18.7 Å². The zero-order valence-corrected chi connectivity index (χ0v) is 6.97. The summed E-state index contributed by atoms with van der Waals surface area (Å²) in [4.78, 5) is 2.39. The van der Waals surface area contributed by atoms with Gasteiger partial charge in [0.1, 0.15) is 6.23 Å². The molecule has 0 saturated carbocycles. The maximum Gasteiger partial charge on any atom is 0.107 e. The quantitative estimate of drug-likeness (QED) is 0.593. The first-order chi connectivity index (χ1) is 4.84. The maximum atomic E-state index is 5.39. The summed E-state index contributed by atoms with van der Waals surface area (Å²) in [6.07, 6.45) is 2.95. The molecular weight excluding hydrogens is 126 g/mol. The Balaban J connectivity index is 2.14. The number of hydrogen-bond donors (Lipinski definition) is 0. The second kappa shape index (κ2) is 3.94. The van der Waals surface area contributed by atoms with Crippen LogP contribution in [0, 0.1) is 0 Å². The van der Waals surface area contributed by atoms with Gasteiger partial charge >= 0.3 is 0 Å². The lowest BCUT2D eigenvalue weighted by Gasteiger charge is -2.18. The van der Waals surface area contributed by atoms with Crippen LogP contribution in [0.15, 0.2) is 0 Å². The molecule has 0 aliphatic carbocycles. The molecule has 1 atom stereocenters. The topological polar surface area (TPSA) is 12.5 Å². The highest BCUT2D eigenvalue weighted by atomic mass is 16.5. The predicted molar refractivity (Wildman–Crippen MR) is 41.9 cm³/mol. The molecule has 1 unspecified atom stereocenters. The Morgan fingerprint density at radius 3 is 2.90 bits per heavy atom. The zero-order valence-electron chi connectivity index (χ0n) is 6.97. The van der Waals surface area contributed by atoms with Crippen LogP contribution in [0.1, 0.15) is 26.7 Å². The van der Waals surface area contributed by atoms with Gasteiger partial charge in [0.2, 0.25) is 0 Å². The van der Waals surface area contributed by atoms with Gasteiger partial charge in [0.15, 0.2) is 0 Å². The molecular formula is C8H17NO. The molecule has 0 aromatic carbocycles. The van der Waals surface area contributed by atoms with Crippen molar-refractivity contribution in [1.82, 2.24) is 4.90 Å². The average molecular weight is 143 g/mol. The van der Waals surface area contributed by atoms with Gasteiger partial charge in [-0.2, -0.15) is 0 Å². The number of hydrogen-bond acceptors (Lipinski definition) is 2. The van der Waals surface area contributed by atoms with Crippen molar-refractivity contribution >= 4 is 0 Å². The van der Waals surface area contributed by atoms with Gasteiger partial charge in [-0.05, 0) is 13.3 Å². The number of rotatable bonds is 3. The minimum absolute atomic E-state index is 0.367. The standard InChI is InChI=1S/C8H17NO/c1-3-4-5-9-6-7-10-8(9)2/h8H,3-7H2,1-2H3. The lowest BCUT2D eigenvalue weighted by molar-refractivity contribution is 0.0492. The summed E-state index contributed by atoms with van der Waals surface area (Å²) in [7, 11) is 0. The van der Waals surface area contributed by atoms with Crippen molar-refractivity contribution in [2.24, 2.45) is 0 Å². The summed E-state index contributed by atoms with van der Waals surface area (Å²) in [5.74, 6) is 0. The summed E-state index contributed by atoms with van der Waals surface area (Å²) >= 11 is 0. The molecule has 0 amide bonds. The van der Waals surface area contributed by atoms with Crippen molar-refractivity contribution in [2.75, 3.05) is 19.7 Å². The first-order valence-corrected chi connectivity index (χ1v) is 4.20. The molecule has 0 radical (unpaired) electrons. The Bertz CT molecular complexity index is 95.3. The van der Waals surface area contributed by atoms with Gasteiger partial charge in [-0.3, -0.25) is 4.90 Å². The minimum atomic E-state index is 0.367. The maximum absolute atomic E-state index is 5.39. The van der Waals surface area contributed by atoms with Crippen LogP contribution in [0.5, 0.6) is 0 Å². The third kappa shape index (κ3) is 1.96. The van der Waals surface area contributed by atoms with E-state index >= 15 is 0 Å². The number of ether oxygens (including phenoxy) is 1. The highest BCUT2D eigenvalue weighted by Crippen LogP contribution is 2.09.